The number of halogens is 1. The molecule has 1 aliphatic heterocycles. The van der Waals surface area contributed by atoms with E-state index < -0.39 is 17.2 Å². The minimum Gasteiger partial charge on any atom is -0.423 e. The zero-order chi connectivity index (χ0) is 23.0. The highest BCUT2D eigenvalue weighted by Gasteiger charge is 2.52. The number of carbonyl (C=O) groups is 2. The van der Waals surface area contributed by atoms with E-state index in [0.717, 1.165) is 11.1 Å². The molecular weight excluding hydrogens is 428 g/mol. The molecule has 1 aliphatic rings. The van der Waals surface area contributed by atoms with E-state index in [0.29, 0.717) is 34.4 Å². The molecule has 1 atom stereocenters. The summed E-state index contributed by atoms with van der Waals surface area (Å²) in [6.45, 7) is 5.92. The van der Waals surface area contributed by atoms with Crippen molar-refractivity contribution in [3.8, 4) is 0 Å². The Bertz CT molecular complexity index is 1250. The van der Waals surface area contributed by atoms with Crippen molar-refractivity contribution in [2.45, 2.75) is 45.7 Å². The van der Waals surface area contributed by atoms with Crippen molar-refractivity contribution in [3.05, 3.63) is 80.7 Å². The topological polar surface area (TPSA) is 79.6 Å². The molecule has 1 N–H and O–H groups in total. The molecular formula is C25H25ClN2O4. The summed E-state index contributed by atoms with van der Waals surface area (Å²) in [4.78, 5) is 40.1. The third kappa shape index (κ3) is 3.79. The Kier molecular flexibility index (Phi) is 5.82. The fourth-order valence-electron chi connectivity index (χ4n) is 4.42. The molecule has 1 saturated heterocycles. The molecule has 3 aromatic rings. The highest BCUT2D eigenvalue weighted by molar-refractivity contribution is 6.32. The third-order valence-corrected chi connectivity index (χ3v) is 6.22. The lowest BCUT2D eigenvalue weighted by molar-refractivity contribution is -0.132. The minimum absolute atomic E-state index is 0.0543. The molecule has 2 aromatic carbocycles. The van der Waals surface area contributed by atoms with Gasteiger partial charge < -0.3 is 9.73 Å². The second-order valence-electron chi connectivity index (χ2n) is 8.57. The first-order valence-corrected chi connectivity index (χ1v) is 11.1. The number of imide groups is 1. The highest BCUT2D eigenvalue weighted by atomic mass is 35.5. The van der Waals surface area contributed by atoms with Gasteiger partial charge in [0, 0.05) is 16.5 Å². The minimum atomic E-state index is -1.14. The Labute approximate surface area is 191 Å². The van der Waals surface area contributed by atoms with Crippen LogP contribution in [0.1, 0.15) is 43.9 Å². The smallest absolute Gasteiger partial charge is 0.336 e. The number of rotatable bonds is 6. The number of fused-ring (bicyclic) bond motifs is 1. The lowest BCUT2D eigenvalue weighted by atomic mass is 9.82. The molecule has 1 unspecified atom stereocenters. The molecule has 0 saturated carbocycles. The molecule has 166 valence electrons. The Morgan fingerprint density at radius 2 is 1.78 bits per heavy atom. The summed E-state index contributed by atoms with van der Waals surface area (Å²) in [5, 5.41) is 4.09. The van der Waals surface area contributed by atoms with Crippen LogP contribution < -0.4 is 10.9 Å². The van der Waals surface area contributed by atoms with E-state index in [4.69, 9.17) is 16.0 Å². The summed E-state index contributed by atoms with van der Waals surface area (Å²) in [5.41, 5.74) is 0.807. The van der Waals surface area contributed by atoms with Gasteiger partial charge >= 0.3 is 11.7 Å². The maximum atomic E-state index is 13.7. The molecule has 2 heterocycles. The van der Waals surface area contributed by atoms with Gasteiger partial charge in [0.2, 0.25) is 0 Å². The summed E-state index contributed by atoms with van der Waals surface area (Å²) in [5.74, 6) is -0.171. The fraction of sp³-hybridized carbons (Fsp3) is 0.320. The van der Waals surface area contributed by atoms with Gasteiger partial charge in [0.1, 0.15) is 11.1 Å². The second-order valence-corrected chi connectivity index (χ2v) is 8.98. The maximum absolute atomic E-state index is 13.7. The highest BCUT2D eigenvalue weighted by Crippen LogP contribution is 2.36. The second kappa shape index (κ2) is 8.43. The van der Waals surface area contributed by atoms with Crippen LogP contribution in [0.2, 0.25) is 5.02 Å². The molecule has 0 radical (unpaired) electrons. The number of amides is 3. The van der Waals surface area contributed by atoms with Gasteiger partial charge in [-0.2, -0.15) is 0 Å². The molecule has 6 nitrogen and oxygen atoms in total. The quantitative estimate of drug-likeness (QED) is 0.421. The number of aryl methyl sites for hydroxylation is 1. The fourth-order valence-corrected chi connectivity index (χ4v) is 4.71. The lowest BCUT2D eigenvalue weighted by Gasteiger charge is -2.29. The largest absolute Gasteiger partial charge is 0.423 e. The van der Waals surface area contributed by atoms with Gasteiger partial charge in [0.15, 0.2) is 0 Å². The van der Waals surface area contributed by atoms with Crippen molar-refractivity contribution in [2.24, 2.45) is 5.92 Å². The van der Waals surface area contributed by atoms with E-state index in [-0.39, 0.29) is 18.4 Å². The summed E-state index contributed by atoms with van der Waals surface area (Å²) in [7, 11) is 0. The molecule has 0 aliphatic carbocycles. The molecule has 4 rings (SSSR count). The average molecular weight is 453 g/mol. The first-order valence-electron chi connectivity index (χ1n) is 10.7. The number of benzene rings is 2. The zero-order valence-electron chi connectivity index (χ0n) is 18.3. The number of hydrogen-bond donors (Lipinski definition) is 1. The number of nitrogens with zero attached hydrogens (tertiary/aromatic N) is 1. The number of urea groups is 1. The molecule has 0 spiro atoms. The summed E-state index contributed by atoms with van der Waals surface area (Å²) >= 11 is 6.39. The molecule has 1 fully saturated rings. The lowest BCUT2D eigenvalue weighted by Crippen LogP contribution is -2.45. The van der Waals surface area contributed by atoms with Crippen LogP contribution in [0.25, 0.3) is 11.0 Å². The van der Waals surface area contributed by atoms with E-state index in [2.05, 4.69) is 5.32 Å². The van der Waals surface area contributed by atoms with Crippen molar-refractivity contribution in [2.75, 3.05) is 0 Å². The van der Waals surface area contributed by atoms with Crippen molar-refractivity contribution >= 4 is 34.5 Å². The van der Waals surface area contributed by atoms with Crippen LogP contribution in [-0.4, -0.2) is 16.8 Å². The molecule has 1 aromatic heterocycles. The van der Waals surface area contributed by atoms with E-state index in [9.17, 15) is 14.4 Å². The summed E-state index contributed by atoms with van der Waals surface area (Å²) < 4.78 is 5.36. The Balaban J connectivity index is 1.78. The van der Waals surface area contributed by atoms with Crippen LogP contribution in [0, 0.1) is 5.92 Å². The monoisotopic (exact) mass is 452 g/mol. The van der Waals surface area contributed by atoms with Gasteiger partial charge in [-0.3, -0.25) is 9.69 Å². The Hall–Kier alpha value is -3.12. The summed E-state index contributed by atoms with van der Waals surface area (Å²) in [6.07, 6.45) is 1.14. The first kappa shape index (κ1) is 22.1. The Morgan fingerprint density at radius 1 is 1.06 bits per heavy atom. The maximum Gasteiger partial charge on any atom is 0.336 e. The SMILES string of the molecule is CCc1cc2oc(=O)cc(CN3C(=O)NC(CC(C)C)(c4ccccc4)C3=O)c2cc1Cl. The third-order valence-electron chi connectivity index (χ3n) is 5.86. The van der Waals surface area contributed by atoms with E-state index in [1.54, 1.807) is 12.1 Å². The van der Waals surface area contributed by atoms with Gasteiger partial charge in [0.25, 0.3) is 5.91 Å². The van der Waals surface area contributed by atoms with Gasteiger partial charge in [-0.05, 0) is 47.6 Å². The number of hydrogen-bond acceptors (Lipinski definition) is 4. The van der Waals surface area contributed by atoms with Crippen molar-refractivity contribution in [1.29, 1.82) is 0 Å². The van der Waals surface area contributed by atoms with Crippen LogP contribution >= 0.6 is 11.6 Å². The number of nitrogens with one attached hydrogen (secondary N) is 1. The van der Waals surface area contributed by atoms with Crippen LogP contribution in [0.4, 0.5) is 4.79 Å². The van der Waals surface area contributed by atoms with Crippen LogP contribution in [0.15, 0.2) is 57.7 Å². The standard InChI is InChI=1S/C25H25ClN2O4/c1-4-16-10-21-19(12-20(16)26)17(11-22(29)32-21)14-28-23(30)25(13-15(2)3,27-24(28)31)18-8-6-5-7-9-18/h5-12,15H,4,13-14H2,1-3H3,(H,27,31). The van der Waals surface area contributed by atoms with Crippen LogP contribution in [0.3, 0.4) is 0 Å². The molecule has 0 bridgehead atoms. The normalized spacial score (nSPS) is 18.6. The van der Waals surface area contributed by atoms with Crippen molar-refractivity contribution in [1.82, 2.24) is 10.2 Å². The van der Waals surface area contributed by atoms with Gasteiger partial charge in [0.05, 0.1) is 6.54 Å². The molecule has 3 amide bonds. The predicted octanol–water partition coefficient (Wildman–Crippen LogP) is 5.00. The first-order chi connectivity index (χ1) is 15.2. The van der Waals surface area contributed by atoms with Crippen LogP contribution in [0.5, 0.6) is 0 Å². The van der Waals surface area contributed by atoms with Crippen LogP contribution in [-0.2, 0) is 23.3 Å². The van der Waals surface area contributed by atoms with Crippen molar-refractivity contribution in [3.63, 3.8) is 0 Å². The average Bonchev–Trinajstić information content (AvgIpc) is 2.98. The summed E-state index contributed by atoms with van der Waals surface area (Å²) in [6, 6.07) is 13.6. The van der Waals surface area contributed by atoms with E-state index in [1.165, 1.54) is 11.0 Å². The number of carbonyl (C=O) groups excluding carboxylic acids is 2. The van der Waals surface area contributed by atoms with Crippen molar-refractivity contribution < 1.29 is 14.0 Å². The van der Waals surface area contributed by atoms with E-state index >= 15 is 0 Å². The molecule has 7 heteroatoms. The Morgan fingerprint density at radius 3 is 2.44 bits per heavy atom. The molecule has 32 heavy (non-hydrogen) atoms. The van der Waals surface area contributed by atoms with Gasteiger partial charge in [-0.1, -0.05) is 62.7 Å². The van der Waals surface area contributed by atoms with E-state index in [1.807, 2.05) is 51.1 Å². The zero-order valence-corrected chi connectivity index (χ0v) is 19.0. The predicted molar refractivity (Wildman–Crippen MR) is 124 cm³/mol. The van der Waals surface area contributed by atoms with Gasteiger partial charge in [-0.15, -0.1) is 0 Å². The van der Waals surface area contributed by atoms with Gasteiger partial charge in [-0.25, -0.2) is 9.59 Å².